The van der Waals surface area contributed by atoms with Gasteiger partial charge in [0, 0.05) is 26.1 Å². The van der Waals surface area contributed by atoms with Gasteiger partial charge in [0.25, 0.3) is 0 Å². The third kappa shape index (κ3) is 3.37. The Hall–Kier alpha value is -1.73. The van der Waals surface area contributed by atoms with Gasteiger partial charge in [0.05, 0.1) is 4.90 Å². The van der Waals surface area contributed by atoms with E-state index in [0.29, 0.717) is 23.9 Å². The molecule has 0 radical (unpaired) electrons. The Balaban J connectivity index is 1.66. The van der Waals surface area contributed by atoms with E-state index in [0.717, 1.165) is 37.2 Å². The number of hydrogen-bond donors (Lipinski definition) is 0. The van der Waals surface area contributed by atoms with Gasteiger partial charge in [-0.3, -0.25) is 0 Å². The molecule has 7 heteroatoms. The Morgan fingerprint density at radius 2 is 1.92 bits per heavy atom. The van der Waals surface area contributed by atoms with Crippen LogP contribution in [0.25, 0.3) is 0 Å². The molecule has 0 aliphatic carbocycles. The van der Waals surface area contributed by atoms with Crippen molar-refractivity contribution in [2.45, 2.75) is 44.6 Å². The summed E-state index contributed by atoms with van der Waals surface area (Å²) in [4.78, 5) is 0.425. The van der Waals surface area contributed by atoms with Crippen LogP contribution in [0.3, 0.4) is 0 Å². The molecule has 1 aromatic carbocycles. The summed E-state index contributed by atoms with van der Waals surface area (Å²) in [6.07, 6.45) is 4.35. The van der Waals surface area contributed by atoms with Crippen LogP contribution in [0.5, 0.6) is 0 Å². The molecule has 1 saturated heterocycles. The second-order valence-corrected chi connectivity index (χ2v) is 8.26. The molecule has 0 atom stereocenters. The maximum Gasteiger partial charge on any atom is 0.243 e. The first-order valence-electron chi connectivity index (χ1n) is 8.45. The van der Waals surface area contributed by atoms with Crippen LogP contribution in [-0.4, -0.2) is 40.6 Å². The molecule has 0 saturated carbocycles. The fourth-order valence-electron chi connectivity index (χ4n) is 3.30. The predicted molar refractivity (Wildman–Crippen MR) is 92.1 cm³/mol. The quantitative estimate of drug-likeness (QED) is 0.831. The summed E-state index contributed by atoms with van der Waals surface area (Å²) < 4.78 is 29.3. The number of sulfonamides is 1. The number of nitrogens with zero attached hydrogens (tertiary/aromatic N) is 4. The Kier molecular flexibility index (Phi) is 5.01. The maximum absolute atomic E-state index is 12.8. The molecule has 2 heterocycles. The molecule has 1 aromatic heterocycles. The second kappa shape index (κ2) is 7.03. The zero-order valence-corrected chi connectivity index (χ0v) is 15.0. The molecule has 1 aliphatic heterocycles. The van der Waals surface area contributed by atoms with Crippen molar-refractivity contribution in [1.82, 2.24) is 19.1 Å². The molecular formula is C17H24N4O2S. The van der Waals surface area contributed by atoms with Gasteiger partial charge >= 0.3 is 0 Å². The van der Waals surface area contributed by atoms with Crippen molar-refractivity contribution < 1.29 is 8.42 Å². The average Bonchev–Trinajstić information content (AvgIpc) is 3.03. The Morgan fingerprint density at radius 1 is 1.21 bits per heavy atom. The minimum Gasteiger partial charge on any atom is -0.318 e. The van der Waals surface area contributed by atoms with Gasteiger partial charge in [0.15, 0.2) is 0 Å². The van der Waals surface area contributed by atoms with Gasteiger partial charge in [-0.15, -0.1) is 10.2 Å². The molecule has 0 unspecified atom stereocenters. The van der Waals surface area contributed by atoms with Crippen molar-refractivity contribution >= 4 is 10.0 Å². The first kappa shape index (κ1) is 17.1. The van der Waals surface area contributed by atoms with E-state index in [-0.39, 0.29) is 0 Å². The lowest BCUT2D eigenvalue weighted by Gasteiger charge is -2.31. The minimum absolute atomic E-state index is 0.425. The van der Waals surface area contributed by atoms with Crippen molar-refractivity contribution in [3.05, 3.63) is 42.0 Å². The lowest BCUT2D eigenvalue weighted by atomic mass is 9.94. The van der Waals surface area contributed by atoms with E-state index < -0.39 is 10.0 Å². The third-order valence-electron chi connectivity index (χ3n) is 4.79. The van der Waals surface area contributed by atoms with Gasteiger partial charge in [0.2, 0.25) is 10.0 Å². The highest BCUT2D eigenvalue weighted by Gasteiger charge is 2.30. The third-order valence-corrected chi connectivity index (χ3v) is 6.85. The number of piperidine rings is 1. The Bertz CT molecular complexity index is 792. The Labute approximate surface area is 143 Å². The molecule has 130 valence electrons. The highest BCUT2D eigenvalue weighted by molar-refractivity contribution is 7.89. The van der Waals surface area contributed by atoms with E-state index in [1.807, 2.05) is 19.1 Å². The van der Waals surface area contributed by atoms with E-state index in [1.54, 1.807) is 22.8 Å². The standard InChI is InChI=1S/C17H24N4O2S/c1-3-20-13-18-19-17(20)12-15-8-10-21(11-9-15)24(22,23)16-7-5-4-6-14(16)2/h4-7,13,15H,3,8-12H2,1-2H3. The van der Waals surface area contributed by atoms with Crippen LogP contribution < -0.4 is 0 Å². The summed E-state index contributed by atoms with van der Waals surface area (Å²) in [5.41, 5.74) is 0.802. The van der Waals surface area contributed by atoms with Gasteiger partial charge in [-0.1, -0.05) is 18.2 Å². The van der Waals surface area contributed by atoms with E-state index in [4.69, 9.17) is 0 Å². The van der Waals surface area contributed by atoms with Crippen molar-refractivity contribution in [3.63, 3.8) is 0 Å². The topological polar surface area (TPSA) is 68.1 Å². The lowest BCUT2D eigenvalue weighted by molar-refractivity contribution is 0.269. The first-order valence-corrected chi connectivity index (χ1v) is 9.89. The first-order chi connectivity index (χ1) is 11.5. The van der Waals surface area contributed by atoms with Gasteiger partial charge in [0.1, 0.15) is 12.2 Å². The smallest absolute Gasteiger partial charge is 0.243 e. The van der Waals surface area contributed by atoms with Crippen molar-refractivity contribution in [2.24, 2.45) is 5.92 Å². The molecule has 0 N–H and O–H groups in total. The van der Waals surface area contributed by atoms with Gasteiger partial charge in [-0.05, 0) is 44.2 Å². The van der Waals surface area contributed by atoms with Crippen LogP contribution in [0.15, 0.2) is 35.5 Å². The summed E-state index contributed by atoms with van der Waals surface area (Å²) >= 11 is 0. The molecule has 6 nitrogen and oxygen atoms in total. The summed E-state index contributed by atoms with van der Waals surface area (Å²) in [5, 5.41) is 8.16. The zero-order chi connectivity index (χ0) is 17.2. The molecule has 3 rings (SSSR count). The van der Waals surface area contributed by atoms with E-state index in [1.165, 1.54) is 0 Å². The highest BCUT2D eigenvalue weighted by Crippen LogP contribution is 2.27. The fourth-order valence-corrected chi connectivity index (χ4v) is 4.99. The van der Waals surface area contributed by atoms with Crippen molar-refractivity contribution in [2.75, 3.05) is 13.1 Å². The SMILES string of the molecule is CCn1cnnc1CC1CCN(S(=O)(=O)c2ccccc2C)CC1. The van der Waals surface area contributed by atoms with Gasteiger partial charge in [-0.2, -0.15) is 4.31 Å². The summed E-state index contributed by atoms with van der Waals surface area (Å²) in [5.74, 6) is 1.46. The number of aryl methyl sites for hydroxylation is 2. The van der Waals surface area contributed by atoms with E-state index >= 15 is 0 Å². The minimum atomic E-state index is -3.39. The maximum atomic E-state index is 12.8. The second-order valence-electron chi connectivity index (χ2n) is 6.35. The molecule has 24 heavy (non-hydrogen) atoms. The van der Waals surface area contributed by atoms with Gasteiger partial charge in [-0.25, -0.2) is 8.42 Å². The Morgan fingerprint density at radius 3 is 2.58 bits per heavy atom. The van der Waals surface area contributed by atoms with Crippen LogP contribution in [0.4, 0.5) is 0 Å². The van der Waals surface area contributed by atoms with Crippen LogP contribution in [0.1, 0.15) is 31.2 Å². The van der Waals surface area contributed by atoms with Crippen LogP contribution >= 0.6 is 0 Å². The molecule has 0 amide bonds. The summed E-state index contributed by atoms with van der Waals surface area (Å²) in [6.45, 7) is 5.92. The molecule has 1 fully saturated rings. The molecule has 2 aromatic rings. The number of benzene rings is 1. The van der Waals surface area contributed by atoms with E-state index in [9.17, 15) is 8.42 Å². The molecule has 0 spiro atoms. The van der Waals surface area contributed by atoms with Crippen molar-refractivity contribution in [3.8, 4) is 0 Å². The number of rotatable bonds is 5. The molecular weight excluding hydrogens is 324 g/mol. The van der Waals surface area contributed by atoms with Crippen molar-refractivity contribution in [1.29, 1.82) is 0 Å². The summed E-state index contributed by atoms with van der Waals surface area (Å²) in [6, 6.07) is 7.19. The molecule has 1 aliphatic rings. The average molecular weight is 348 g/mol. The summed E-state index contributed by atoms with van der Waals surface area (Å²) in [7, 11) is -3.39. The largest absolute Gasteiger partial charge is 0.318 e. The number of hydrogen-bond acceptors (Lipinski definition) is 4. The predicted octanol–water partition coefficient (Wildman–Crippen LogP) is 2.25. The van der Waals surface area contributed by atoms with Gasteiger partial charge < -0.3 is 4.57 Å². The van der Waals surface area contributed by atoms with E-state index in [2.05, 4.69) is 21.7 Å². The lowest BCUT2D eigenvalue weighted by Crippen LogP contribution is -2.39. The zero-order valence-electron chi connectivity index (χ0n) is 14.2. The normalized spacial score (nSPS) is 17.2. The van der Waals surface area contributed by atoms with Crippen LogP contribution in [0.2, 0.25) is 0 Å². The highest BCUT2D eigenvalue weighted by atomic mass is 32.2. The monoisotopic (exact) mass is 348 g/mol. The fraction of sp³-hybridized carbons (Fsp3) is 0.529. The molecule has 0 bridgehead atoms. The van der Waals surface area contributed by atoms with Crippen LogP contribution in [-0.2, 0) is 23.0 Å². The number of aromatic nitrogens is 3. The van der Waals surface area contributed by atoms with Crippen LogP contribution in [0, 0.1) is 12.8 Å².